The molecule has 70 valence electrons. The lowest BCUT2D eigenvalue weighted by Gasteiger charge is -2.13. The van der Waals surface area contributed by atoms with Gasteiger partial charge in [0.15, 0.2) is 0 Å². The van der Waals surface area contributed by atoms with Crippen LogP contribution in [-0.4, -0.2) is 24.6 Å². The first-order valence-electron chi connectivity index (χ1n) is 4.30. The molecule has 0 aliphatic carbocycles. The van der Waals surface area contributed by atoms with Crippen molar-refractivity contribution in [2.45, 2.75) is 26.2 Å². The van der Waals surface area contributed by atoms with E-state index >= 15 is 0 Å². The minimum Gasteiger partial charge on any atom is -0.276 e. The van der Waals surface area contributed by atoms with Crippen LogP contribution >= 0.6 is 0 Å². The molecule has 0 saturated heterocycles. The third-order valence-electron chi connectivity index (χ3n) is 1.43. The van der Waals surface area contributed by atoms with Crippen LogP contribution in [0.3, 0.4) is 0 Å². The molecule has 0 N–H and O–H groups in total. The molecule has 0 radical (unpaired) electrons. The second kappa shape index (κ2) is 8.27. The molecule has 0 spiro atoms. The molecule has 0 heterocycles. The van der Waals surface area contributed by atoms with Gasteiger partial charge >= 0.3 is 0 Å². The third-order valence-corrected chi connectivity index (χ3v) is 1.43. The highest BCUT2D eigenvalue weighted by Crippen LogP contribution is 1.95. The number of hydrogen-bond acceptors (Lipinski definition) is 2. The van der Waals surface area contributed by atoms with Gasteiger partial charge in [0, 0.05) is 0 Å². The molecule has 0 saturated carbocycles. The second-order valence-electron chi connectivity index (χ2n) is 2.53. The maximum Gasteiger partial charge on any atom is 0.233 e. The van der Waals surface area contributed by atoms with Gasteiger partial charge < -0.3 is 0 Å². The topological polar surface area (TPSA) is 29.5 Å². The Labute approximate surface area is 74.0 Å². The fourth-order valence-corrected chi connectivity index (χ4v) is 0.787. The Balaban J connectivity index is 3.31. The maximum absolute atomic E-state index is 10.3. The number of carbonyl (C=O) groups excluding carboxylic acids is 1. The van der Waals surface area contributed by atoms with Gasteiger partial charge in [0.2, 0.25) is 6.41 Å². The second-order valence-corrected chi connectivity index (χ2v) is 2.53. The number of hydroxylamine groups is 2. The van der Waals surface area contributed by atoms with Crippen molar-refractivity contribution < 1.29 is 9.63 Å². The summed E-state index contributed by atoms with van der Waals surface area (Å²) in [7, 11) is 0. The molecule has 0 aliphatic heterocycles. The van der Waals surface area contributed by atoms with Gasteiger partial charge in [-0.15, -0.1) is 6.58 Å². The Morgan fingerprint density at radius 2 is 2.42 bits per heavy atom. The highest BCUT2D eigenvalue weighted by Gasteiger charge is 1.97. The van der Waals surface area contributed by atoms with E-state index in [0.29, 0.717) is 19.6 Å². The lowest BCUT2D eigenvalue weighted by atomic mass is 10.3. The summed E-state index contributed by atoms with van der Waals surface area (Å²) in [6, 6.07) is 0. The van der Waals surface area contributed by atoms with E-state index in [4.69, 9.17) is 4.84 Å². The number of amides is 1. The fraction of sp³-hybridized carbons (Fsp3) is 0.667. The largest absolute Gasteiger partial charge is 0.276 e. The van der Waals surface area contributed by atoms with Gasteiger partial charge in [-0.1, -0.05) is 25.8 Å². The van der Waals surface area contributed by atoms with Crippen LogP contribution in [0.4, 0.5) is 0 Å². The number of hydrogen-bond donors (Lipinski definition) is 0. The average molecular weight is 173 g/mol. The molecular formula is C9H17NO2. The van der Waals surface area contributed by atoms with Gasteiger partial charge in [0.05, 0.1) is 13.2 Å². The molecule has 0 unspecified atom stereocenters. The first-order chi connectivity index (χ1) is 5.85. The van der Waals surface area contributed by atoms with Crippen molar-refractivity contribution in [3.63, 3.8) is 0 Å². The van der Waals surface area contributed by atoms with Crippen LogP contribution in [-0.2, 0) is 9.63 Å². The smallest absolute Gasteiger partial charge is 0.233 e. The van der Waals surface area contributed by atoms with E-state index < -0.39 is 0 Å². The number of nitrogens with zero attached hydrogens (tertiary/aromatic N) is 1. The van der Waals surface area contributed by atoms with Crippen molar-refractivity contribution in [3.05, 3.63) is 12.7 Å². The van der Waals surface area contributed by atoms with Gasteiger partial charge in [0.25, 0.3) is 0 Å². The van der Waals surface area contributed by atoms with E-state index in [9.17, 15) is 4.79 Å². The Hall–Kier alpha value is -0.830. The Kier molecular flexibility index (Phi) is 7.70. The molecule has 0 aliphatic rings. The predicted octanol–water partition coefficient (Wildman–Crippen LogP) is 1.75. The zero-order valence-electron chi connectivity index (χ0n) is 7.66. The van der Waals surface area contributed by atoms with Crippen molar-refractivity contribution in [2.75, 3.05) is 13.2 Å². The van der Waals surface area contributed by atoms with Crippen LogP contribution in [0.2, 0.25) is 0 Å². The van der Waals surface area contributed by atoms with Crippen LogP contribution in [0.25, 0.3) is 0 Å². The number of unbranched alkanes of at least 4 members (excludes halogenated alkanes) is 2. The lowest BCUT2D eigenvalue weighted by molar-refractivity contribution is -0.168. The van der Waals surface area contributed by atoms with Gasteiger partial charge in [-0.05, 0) is 6.42 Å². The Morgan fingerprint density at radius 1 is 1.67 bits per heavy atom. The van der Waals surface area contributed by atoms with Gasteiger partial charge in [-0.2, -0.15) is 0 Å². The predicted molar refractivity (Wildman–Crippen MR) is 48.4 cm³/mol. The highest BCUT2D eigenvalue weighted by molar-refractivity contribution is 5.45. The van der Waals surface area contributed by atoms with Crippen molar-refractivity contribution in [3.8, 4) is 0 Å². The van der Waals surface area contributed by atoms with Crippen LogP contribution in [0.5, 0.6) is 0 Å². The Bertz CT molecular complexity index is 126. The van der Waals surface area contributed by atoms with Crippen LogP contribution < -0.4 is 0 Å². The van der Waals surface area contributed by atoms with E-state index in [-0.39, 0.29) is 0 Å². The summed E-state index contributed by atoms with van der Waals surface area (Å²) < 4.78 is 0. The molecule has 3 nitrogen and oxygen atoms in total. The van der Waals surface area contributed by atoms with Crippen LogP contribution in [0.1, 0.15) is 26.2 Å². The summed E-state index contributed by atoms with van der Waals surface area (Å²) in [5.41, 5.74) is 0. The maximum atomic E-state index is 10.3. The van der Waals surface area contributed by atoms with Gasteiger partial charge in [-0.3, -0.25) is 9.63 Å². The molecule has 0 aromatic heterocycles. The van der Waals surface area contributed by atoms with E-state index in [2.05, 4.69) is 13.5 Å². The summed E-state index contributed by atoms with van der Waals surface area (Å²) in [6.07, 6.45) is 5.60. The van der Waals surface area contributed by atoms with Gasteiger partial charge in [-0.25, -0.2) is 5.06 Å². The van der Waals surface area contributed by atoms with E-state index in [0.717, 1.165) is 19.3 Å². The molecule has 0 atom stereocenters. The molecular weight excluding hydrogens is 156 g/mol. The summed E-state index contributed by atoms with van der Waals surface area (Å²) >= 11 is 0. The monoisotopic (exact) mass is 173 g/mol. The third kappa shape index (κ3) is 5.92. The summed E-state index contributed by atoms with van der Waals surface area (Å²) in [5, 5.41) is 1.25. The van der Waals surface area contributed by atoms with Crippen molar-refractivity contribution in [2.24, 2.45) is 0 Å². The lowest BCUT2D eigenvalue weighted by Crippen LogP contribution is -2.22. The normalized spacial score (nSPS) is 9.42. The molecule has 12 heavy (non-hydrogen) atoms. The SMILES string of the molecule is C=CCN(C=O)O[14CH2]CCCC. The quantitative estimate of drug-likeness (QED) is 0.242. The van der Waals surface area contributed by atoms with E-state index in [1.165, 1.54) is 5.06 Å². The number of rotatable bonds is 8. The number of carbonyl (C=O) groups is 1. The van der Waals surface area contributed by atoms with E-state index in [1.807, 2.05) is 0 Å². The van der Waals surface area contributed by atoms with Gasteiger partial charge in [0.1, 0.15) is 0 Å². The standard InChI is InChI=1S/C9H17NO2/c1-3-5-6-8-12-10(9-11)7-4-2/h4,9H,2-3,5-8H2,1H3/i8+2. The summed E-state index contributed by atoms with van der Waals surface area (Å²) in [6.45, 7) is 6.70. The molecule has 0 rings (SSSR count). The molecule has 1 amide bonds. The molecule has 0 fully saturated rings. The Morgan fingerprint density at radius 3 is 2.92 bits per heavy atom. The summed E-state index contributed by atoms with van der Waals surface area (Å²) in [5.74, 6) is 0. The minimum absolute atomic E-state index is 0.454. The molecule has 0 aromatic carbocycles. The van der Waals surface area contributed by atoms with E-state index in [1.54, 1.807) is 6.08 Å². The minimum atomic E-state index is 0.454. The summed E-state index contributed by atoms with van der Waals surface area (Å²) in [4.78, 5) is 15.4. The van der Waals surface area contributed by atoms with Crippen molar-refractivity contribution in [1.82, 2.24) is 5.06 Å². The van der Waals surface area contributed by atoms with Crippen molar-refractivity contribution in [1.29, 1.82) is 0 Å². The first kappa shape index (κ1) is 11.2. The molecule has 0 aromatic rings. The van der Waals surface area contributed by atoms with Crippen LogP contribution in [0, 0.1) is 0 Å². The highest BCUT2D eigenvalue weighted by atomic mass is 16.8. The van der Waals surface area contributed by atoms with Crippen molar-refractivity contribution >= 4 is 6.41 Å². The molecule has 0 bridgehead atoms. The zero-order chi connectivity index (χ0) is 9.23. The van der Waals surface area contributed by atoms with Crippen LogP contribution in [0.15, 0.2) is 12.7 Å². The zero-order valence-corrected chi connectivity index (χ0v) is 7.66. The molecule has 3 heteroatoms. The fourth-order valence-electron chi connectivity index (χ4n) is 0.787. The first-order valence-corrected chi connectivity index (χ1v) is 4.30. The average Bonchev–Trinajstić information content (AvgIpc) is 2.10.